The number of unbranched alkanes of at least 4 members (excludes halogenated alkanes) is 2. The summed E-state index contributed by atoms with van der Waals surface area (Å²) in [7, 11) is 0. The Morgan fingerprint density at radius 1 is 0.737 bits per heavy atom. The standard InChI is InChI=1S/C33H53N5/c1-10-26(4)30(8)34-20-16-12-13-17-27(5)35-23-28(6)36-24-29(7)38-33(31(9)37-22-25(2)3)21-32-18-14-11-15-19-32/h11,14-15,18-19,26,33-38H,2,5-10,12-13,16-17,20-24H2,1,3-4H3. The van der Waals surface area contributed by atoms with E-state index in [1.54, 1.807) is 0 Å². The van der Waals surface area contributed by atoms with Crippen molar-refractivity contribution in [1.82, 2.24) is 26.6 Å². The van der Waals surface area contributed by atoms with Crippen molar-refractivity contribution < 1.29 is 0 Å². The second-order valence-electron chi connectivity index (χ2n) is 10.3. The summed E-state index contributed by atoms with van der Waals surface area (Å²) in [5, 5.41) is 17.1. The molecular formula is C33H53N5. The lowest BCUT2D eigenvalue weighted by Gasteiger charge is -2.25. The van der Waals surface area contributed by atoms with Gasteiger partial charge in [0.1, 0.15) is 0 Å². The van der Waals surface area contributed by atoms with Gasteiger partial charge in [0.15, 0.2) is 0 Å². The molecule has 0 aliphatic rings. The van der Waals surface area contributed by atoms with Gasteiger partial charge in [-0.05, 0) is 50.5 Å². The summed E-state index contributed by atoms with van der Waals surface area (Å²) in [6.07, 6.45) is 6.34. The molecule has 0 heterocycles. The quantitative estimate of drug-likeness (QED) is 0.0868. The minimum atomic E-state index is 0.0144. The Hall–Kier alpha value is -3.34. The van der Waals surface area contributed by atoms with Crippen molar-refractivity contribution in [3.63, 3.8) is 0 Å². The number of hydrogen-bond donors (Lipinski definition) is 5. The highest BCUT2D eigenvalue weighted by molar-refractivity contribution is 5.21. The van der Waals surface area contributed by atoms with Crippen LogP contribution in [0.25, 0.3) is 0 Å². The highest BCUT2D eigenvalue weighted by Gasteiger charge is 2.14. The summed E-state index contributed by atoms with van der Waals surface area (Å²) in [6, 6.07) is 10.4. The fourth-order valence-corrected chi connectivity index (χ4v) is 3.72. The van der Waals surface area contributed by atoms with E-state index in [4.69, 9.17) is 0 Å². The molecular weight excluding hydrogens is 466 g/mol. The zero-order valence-corrected chi connectivity index (χ0v) is 24.4. The first-order valence-electron chi connectivity index (χ1n) is 13.9. The average Bonchev–Trinajstić information content (AvgIpc) is 2.90. The zero-order chi connectivity index (χ0) is 28.3. The van der Waals surface area contributed by atoms with E-state index >= 15 is 0 Å². The lowest BCUT2D eigenvalue weighted by Crippen LogP contribution is -2.40. The van der Waals surface area contributed by atoms with Gasteiger partial charge < -0.3 is 26.6 Å². The SMILES string of the molecule is C=C(C)CNC(=C)C(Cc1ccccc1)NC(=C)CNC(=C)CNC(=C)CCCCCNC(=C)C(C)CC. The molecule has 5 nitrogen and oxygen atoms in total. The number of benzene rings is 1. The van der Waals surface area contributed by atoms with Crippen molar-refractivity contribution >= 4 is 0 Å². The first kappa shape index (κ1) is 32.7. The Kier molecular flexibility index (Phi) is 16.2. The largest absolute Gasteiger partial charge is 0.389 e. The molecule has 210 valence electrons. The van der Waals surface area contributed by atoms with Crippen LogP contribution in [0.3, 0.4) is 0 Å². The third-order valence-electron chi connectivity index (χ3n) is 6.52. The number of rotatable bonds is 23. The monoisotopic (exact) mass is 519 g/mol. The third-order valence-corrected chi connectivity index (χ3v) is 6.52. The molecule has 38 heavy (non-hydrogen) atoms. The number of hydrogen-bond acceptors (Lipinski definition) is 5. The molecule has 0 fully saturated rings. The van der Waals surface area contributed by atoms with Gasteiger partial charge in [0.2, 0.25) is 0 Å². The molecule has 1 aromatic rings. The van der Waals surface area contributed by atoms with Crippen LogP contribution in [0.1, 0.15) is 58.4 Å². The summed E-state index contributed by atoms with van der Waals surface area (Å²) < 4.78 is 0. The molecule has 2 atom stereocenters. The first-order chi connectivity index (χ1) is 18.1. The predicted octanol–water partition coefficient (Wildman–Crippen LogP) is 6.30. The lowest BCUT2D eigenvalue weighted by atomic mass is 10.0. The third kappa shape index (κ3) is 15.0. The fourth-order valence-electron chi connectivity index (χ4n) is 3.72. The van der Waals surface area contributed by atoms with Gasteiger partial charge in [-0.2, -0.15) is 0 Å². The highest BCUT2D eigenvalue weighted by Crippen LogP contribution is 2.11. The molecule has 5 heteroatoms. The van der Waals surface area contributed by atoms with Crippen LogP contribution < -0.4 is 26.6 Å². The van der Waals surface area contributed by atoms with E-state index in [1.165, 1.54) is 12.0 Å². The van der Waals surface area contributed by atoms with E-state index in [-0.39, 0.29) is 6.04 Å². The van der Waals surface area contributed by atoms with E-state index in [2.05, 4.69) is 104 Å². The normalized spacial score (nSPS) is 12.0. The molecule has 5 N–H and O–H groups in total. The van der Waals surface area contributed by atoms with Gasteiger partial charge in [-0.15, -0.1) is 0 Å². The second-order valence-corrected chi connectivity index (χ2v) is 10.3. The van der Waals surface area contributed by atoms with Crippen molar-refractivity contribution in [2.75, 3.05) is 26.2 Å². The smallest absolute Gasteiger partial charge is 0.0691 e. The molecule has 0 aromatic heterocycles. The highest BCUT2D eigenvalue weighted by atomic mass is 15.0. The topological polar surface area (TPSA) is 60.1 Å². The number of nitrogens with one attached hydrogen (secondary N) is 5. The van der Waals surface area contributed by atoms with Gasteiger partial charge >= 0.3 is 0 Å². The molecule has 2 unspecified atom stereocenters. The minimum Gasteiger partial charge on any atom is -0.389 e. The Bertz CT molecular complexity index is 915. The van der Waals surface area contributed by atoms with Crippen LogP contribution in [0.15, 0.2) is 104 Å². The van der Waals surface area contributed by atoms with Gasteiger partial charge in [0.25, 0.3) is 0 Å². The van der Waals surface area contributed by atoms with E-state index < -0.39 is 0 Å². The maximum Gasteiger partial charge on any atom is 0.0691 e. The summed E-state index contributed by atoms with van der Waals surface area (Å²) in [5.41, 5.74) is 7.21. The zero-order valence-electron chi connectivity index (χ0n) is 24.4. The molecule has 0 amide bonds. The Labute approximate surface area is 233 Å². The molecule has 0 aliphatic carbocycles. The van der Waals surface area contributed by atoms with E-state index in [0.29, 0.717) is 25.6 Å². The van der Waals surface area contributed by atoms with Crippen LogP contribution >= 0.6 is 0 Å². The van der Waals surface area contributed by atoms with Crippen molar-refractivity contribution in [3.8, 4) is 0 Å². The molecule has 0 saturated heterocycles. The summed E-state index contributed by atoms with van der Waals surface area (Å²) >= 11 is 0. The van der Waals surface area contributed by atoms with E-state index in [0.717, 1.165) is 72.7 Å². The van der Waals surface area contributed by atoms with E-state index in [9.17, 15) is 0 Å². The van der Waals surface area contributed by atoms with Crippen LogP contribution in [-0.2, 0) is 6.42 Å². The first-order valence-corrected chi connectivity index (χ1v) is 13.9. The van der Waals surface area contributed by atoms with E-state index in [1.807, 2.05) is 13.0 Å². The van der Waals surface area contributed by atoms with Crippen LogP contribution in [0.5, 0.6) is 0 Å². The molecule has 0 saturated carbocycles. The van der Waals surface area contributed by atoms with Gasteiger partial charge in [-0.25, -0.2) is 0 Å². The van der Waals surface area contributed by atoms with Gasteiger partial charge in [-0.1, -0.05) is 95.6 Å². The Morgan fingerprint density at radius 3 is 2.05 bits per heavy atom. The van der Waals surface area contributed by atoms with Crippen molar-refractivity contribution in [2.45, 2.75) is 65.3 Å². The van der Waals surface area contributed by atoms with Crippen LogP contribution in [0, 0.1) is 5.92 Å². The van der Waals surface area contributed by atoms with Crippen LogP contribution in [0.4, 0.5) is 0 Å². The summed E-state index contributed by atoms with van der Waals surface area (Å²) in [6.45, 7) is 34.2. The second kappa shape index (κ2) is 18.8. The predicted molar refractivity (Wildman–Crippen MR) is 168 cm³/mol. The summed E-state index contributed by atoms with van der Waals surface area (Å²) in [4.78, 5) is 0. The maximum absolute atomic E-state index is 4.26. The molecule has 0 radical (unpaired) electrons. The molecule has 0 aliphatic heterocycles. The van der Waals surface area contributed by atoms with Crippen LogP contribution in [-0.4, -0.2) is 32.2 Å². The minimum absolute atomic E-state index is 0.0144. The Morgan fingerprint density at radius 2 is 1.39 bits per heavy atom. The van der Waals surface area contributed by atoms with Gasteiger partial charge in [-0.3, -0.25) is 0 Å². The lowest BCUT2D eigenvalue weighted by molar-refractivity contribution is 0.563. The van der Waals surface area contributed by atoms with Crippen molar-refractivity contribution in [2.24, 2.45) is 5.92 Å². The molecule has 1 rings (SSSR count). The van der Waals surface area contributed by atoms with Crippen molar-refractivity contribution in [1.29, 1.82) is 0 Å². The molecule has 0 spiro atoms. The number of allylic oxidation sites excluding steroid dienone is 2. The van der Waals surface area contributed by atoms with Gasteiger partial charge in [0.05, 0.1) is 19.1 Å². The van der Waals surface area contributed by atoms with Gasteiger partial charge in [0, 0.05) is 41.6 Å². The Balaban J connectivity index is 2.32. The fraction of sp³-hybridized carbons (Fsp3) is 0.455. The molecule has 0 bridgehead atoms. The average molecular weight is 520 g/mol. The van der Waals surface area contributed by atoms with Crippen LogP contribution in [0.2, 0.25) is 0 Å². The molecule has 1 aromatic carbocycles. The van der Waals surface area contributed by atoms with Crippen molar-refractivity contribution in [3.05, 3.63) is 109 Å². The summed E-state index contributed by atoms with van der Waals surface area (Å²) in [5.74, 6) is 0.535. The maximum atomic E-state index is 4.26.